The SMILES string of the molecule is CC(C)CN(C)C(=O)c1nn(C(C)C)c(=O)c2ccccc12. The van der Waals surface area contributed by atoms with E-state index in [1.165, 1.54) is 4.68 Å². The van der Waals surface area contributed by atoms with E-state index in [1.807, 2.05) is 19.9 Å². The molecule has 0 N–H and O–H groups in total. The molecule has 118 valence electrons. The maximum absolute atomic E-state index is 12.7. The molecule has 0 saturated carbocycles. The summed E-state index contributed by atoms with van der Waals surface area (Å²) in [6.07, 6.45) is 0. The lowest BCUT2D eigenvalue weighted by molar-refractivity contribution is 0.0772. The Morgan fingerprint density at radius 2 is 1.77 bits per heavy atom. The number of benzene rings is 1. The highest BCUT2D eigenvalue weighted by Crippen LogP contribution is 2.16. The van der Waals surface area contributed by atoms with Gasteiger partial charge in [-0.2, -0.15) is 5.10 Å². The van der Waals surface area contributed by atoms with E-state index in [0.29, 0.717) is 28.9 Å². The summed E-state index contributed by atoms with van der Waals surface area (Å²) >= 11 is 0. The lowest BCUT2D eigenvalue weighted by Gasteiger charge is -2.20. The van der Waals surface area contributed by atoms with Crippen molar-refractivity contribution in [3.8, 4) is 0 Å². The van der Waals surface area contributed by atoms with E-state index in [1.54, 1.807) is 30.1 Å². The molecular formula is C17H23N3O2. The van der Waals surface area contributed by atoms with Gasteiger partial charge in [-0.15, -0.1) is 0 Å². The molecule has 1 amide bonds. The maximum Gasteiger partial charge on any atom is 0.274 e. The monoisotopic (exact) mass is 301 g/mol. The molecule has 0 atom stereocenters. The zero-order valence-corrected chi connectivity index (χ0v) is 13.8. The first-order valence-electron chi connectivity index (χ1n) is 7.60. The average Bonchev–Trinajstić information content (AvgIpc) is 2.46. The Bertz CT molecular complexity index is 747. The number of hydrogen-bond acceptors (Lipinski definition) is 3. The number of hydrogen-bond donors (Lipinski definition) is 0. The fourth-order valence-corrected chi connectivity index (χ4v) is 2.53. The molecule has 0 spiro atoms. The van der Waals surface area contributed by atoms with Crippen molar-refractivity contribution in [3.05, 3.63) is 40.3 Å². The van der Waals surface area contributed by atoms with Gasteiger partial charge in [0.05, 0.1) is 11.4 Å². The van der Waals surface area contributed by atoms with Crippen molar-refractivity contribution in [2.75, 3.05) is 13.6 Å². The van der Waals surface area contributed by atoms with E-state index in [4.69, 9.17) is 0 Å². The van der Waals surface area contributed by atoms with Gasteiger partial charge in [0.15, 0.2) is 5.69 Å². The van der Waals surface area contributed by atoms with Crippen molar-refractivity contribution >= 4 is 16.7 Å². The van der Waals surface area contributed by atoms with Crippen LogP contribution in [0.4, 0.5) is 0 Å². The third-order valence-electron chi connectivity index (χ3n) is 3.51. The van der Waals surface area contributed by atoms with Crippen molar-refractivity contribution in [2.45, 2.75) is 33.7 Å². The van der Waals surface area contributed by atoms with Gasteiger partial charge in [-0.1, -0.05) is 32.0 Å². The van der Waals surface area contributed by atoms with E-state index in [-0.39, 0.29) is 17.5 Å². The van der Waals surface area contributed by atoms with Gasteiger partial charge in [-0.05, 0) is 25.8 Å². The molecule has 5 nitrogen and oxygen atoms in total. The summed E-state index contributed by atoms with van der Waals surface area (Å²) in [4.78, 5) is 26.9. The van der Waals surface area contributed by atoms with Crippen LogP contribution in [0.15, 0.2) is 29.1 Å². The van der Waals surface area contributed by atoms with Gasteiger partial charge in [0, 0.05) is 19.0 Å². The molecule has 1 heterocycles. The zero-order valence-electron chi connectivity index (χ0n) is 13.8. The number of carbonyl (C=O) groups is 1. The van der Waals surface area contributed by atoms with Gasteiger partial charge < -0.3 is 4.90 Å². The minimum atomic E-state index is -0.159. The summed E-state index contributed by atoms with van der Waals surface area (Å²) in [5.74, 6) is 0.218. The molecule has 0 aliphatic carbocycles. The van der Waals surface area contributed by atoms with Crippen LogP contribution in [0.3, 0.4) is 0 Å². The number of nitrogens with zero attached hydrogens (tertiary/aromatic N) is 3. The van der Waals surface area contributed by atoms with Crippen LogP contribution in [0.1, 0.15) is 44.2 Å². The van der Waals surface area contributed by atoms with Crippen molar-refractivity contribution in [1.82, 2.24) is 14.7 Å². The smallest absolute Gasteiger partial charge is 0.274 e. The van der Waals surface area contributed by atoms with Crippen molar-refractivity contribution in [3.63, 3.8) is 0 Å². The Balaban J connectivity index is 2.65. The van der Waals surface area contributed by atoms with E-state index >= 15 is 0 Å². The van der Waals surface area contributed by atoms with Crippen LogP contribution in [-0.4, -0.2) is 34.2 Å². The third kappa shape index (κ3) is 3.03. The van der Waals surface area contributed by atoms with E-state index in [2.05, 4.69) is 18.9 Å². The van der Waals surface area contributed by atoms with Crippen LogP contribution < -0.4 is 5.56 Å². The molecule has 0 unspecified atom stereocenters. The Kier molecular flexibility index (Phi) is 4.64. The predicted octanol–water partition coefficient (Wildman–Crippen LogP) is 2.71. The quantitative estimate of drug-likeness (QED) is 0.872. The molecular weight excluding hydrogens is 278 g/mol. The first-order valence-corrected chi connectivity index (χ1v) is 7.60. The summed E-state index contributed by atoms with van der Waals surface area (Å²) in [5.41, 5.74) is 0.181. The van der Waals surface area contributed by atoms with Crippen LogP contribution >= 0.6 is 0 Å². The lowest BCUT2D eigenvalue weighted by Crippen LogP contribution is -2.34. The fourth-order valence-electron chi connectivity index (χ4n) is 2.53. The highest BCUT2D eigenvalue weighted by molar-refractivity contribution is 6.04. The second-order valence-corrected chi connectivity index (χ2v) is 6.32. The average molecular weight is 301 g/mol. The van der Waals surface area contributed by atoms with Crippen LogP contribution in [0.2, 0.25) is 0 Å². The molecule has 0 saturated heterocycles. The van der Waals surface area contributed by atoms with Crippen LogP contribution in [0.25, 0.3) is 10.8 Å². The minimum absolute atomic E-state index is 0.0981. The highest BCUT2D eigenvalue weighted by Gasteiger charge is 2.20. The first-order chi connectivity index (χ1) is 10.3. The molecule has 5 heteroatoms. The summed E-state index contributed by atoms with van der Waals surface area (Å²) < 4.78 is 1.39. The van der Waals surface area contributed by atoms with Crippen molar-refractivity contribution in [1.29, 1.82) is 0 Å². The molecule has 0 radical (unpaired) electrons. The van der Waals surface area contributed by atoms with Gasteiger partial charge in [0.1, 0.15) is 0 Å². The molecule has 22 heavy (non-hydrogen) atoms. The fraction of sp³-hybridized carbons (Fsp3) is 0.471. The minimum Gasteiger partial charge on any atom is -0.340 e. The van der Waals surface area contributed by atoms with Gasteiger partial charge in [-0.3, -0.25) is 9.59 Å². The number of rotatable bonds is 4. The summed E-state index contributed by atoms with van der Waals surface area (Å²) in [5, 5.41) is 5.49. The van der Waals surface area contributed by atoms with Crippen molar-refractivity contribution in [2.24, 2.45) is 5.92 Å². The van der Waals surface area contributed by atoms with E-state index in [9.17, 15) is 9.59 Å². The number of aromatic nitrogens is 2. The maximum atomic E-state index is 12.7. The first kappa shape index (κ1) is 16.2. The molecule has 0 bridgehead atoms. The third-order valence-corrected chi connectivity index (χ3v) is 3.51. The lowest BCUT2D eigenvalue weighted by atomic mass is 10.1. The van der Waals surface area contributed by atoms with E-state index in [0.717, 1.165) is 0 Å². The Morgan fingerprint density at radius 1 is 1.18 bits per heavy atom. The number of fused-ring (bicyclic) bond motifs is 1. The largest absolute Gasteiger partial charge is 0.340 e. The summed E-state index contributed by atoms with van der Waals surface area (Å²) in [6.45, 7) is 8.54. The van der Waals surface area contributed by atoms with Crippen LogP contribution in [-0.2, 0) is 0 Å². The highest BCUT2D eigenvalue weighted by atomic mass is 16.2. The Labute approximate surface area is 130 Å². The molecule has 1 aromatic carbocycles. The molecule has 0 fully saturated rings. The molecule has 2 aromatic rings. The standard InChI is InChI=1S/C17H23N3O2/c1-11(2)10-19(5)17(22)15-13-8-6-7-9-14(13)16(21)20(18-15)12(3)4/h6-9,11-12H,10H2,1-5H3. The molecule has 1 aromatic heterocycles. The summed E-state index contributed by atoms with van der Waals surface area (Å²) in [7, 11) is 1.77. The Morgan fingerprint density at radius 3 is 2.32 bits per heavy atom. The molecule has 0 aliphatic rings. The summed E-state index contributed by atoms with van der Waals surface area (Å²) in [6, 6.07) is 7.06. The zero-order chi connectivity index (χ0) is 16.4. The Hall–Kier alpha value is -2.17. The molecule has 0 aliphatic heterocycles. The molecule has 2 rings (SSSR count). The van der Waals surface area contributed by atoms with E-state index < -0.39 is 0 Å². The number of carbonyl (C=O) groups excluding carboxylic acids is 1. The number of amides is 1. The van der Waals surface area contributed by atoms with Gasteiger partial charge >= 0.3 is 0 Å². The van der Waals surface area contributed by atoms with Gasteiger partial charge in [-0.25, -0.2) is 4.68 Å². The second-order valence-electron chi connectivity index (χ2n) is 6.32. The predicted molar refractivity (Wildman–Crippen MR) is 88.2 cm³/mol. The second kappa shape index (κ2) is 6.30. The topological polar surface area (TPSA) is 55.2 Å². The van der Waals surface area contributed by atoms with Crippen LogP contribution in [0.5, 0.6) is 0 Å². The normalized spacial score (nSPS) is 11.4. The van der Waals surface area contributed by atoms with Crippen molar-refractivity contribution < 1.29 is 4.79 Å². The van der Waals surface area contributed by atoms with Gasteiger partial charge in [0.25, 0.3) is 11.5 Å². The van der Waals surface area contributed by atoms with Gasteiger partial charge in [0.2, 0.25) is 0 Å². The van der Waals surface area contributed by atoms with Crippen LogP contribution in [0, 0.1) is 5.92 Å².